The lowest BCUT2D eigenvalue weighted by Gasteiger charge is -2.44. The Morgan fingerprint density at radius 2 is 2.05 bits per heavy atom. The third kappa shape index (κ3) is 3.78. The lowest BCUT2D eigenvalue weighted by Crippen LogP contribution is -2.61. The van der Waals surface area contributed by atoms with Crippen molar-refractivity contribution in [2.75, 3.05) is 13.2 Å². The molecule has 118 valence electrons. The zero-order valence-electron chi connectivity index (χ0n) is 14.0. The van der Waals surface area contributed by atoms with Gasteiger partial charge in [0.1, 0.15) is 18.0 Å². The van der Waals surface area contributed by atoms with Gasteiger partial charge in [0, 0.05) is 19.1 Å². The second kappa shape index (κ2) is 7.28. The molecule has 3 nitrogen and oxygen atoms in total. The van der Waals surface area contributed by atoms with Gasteiger partial charge in [-0.2, -0.15) is 0 Å². The van der Waals surface area contributed by atoms with Gasteiger partial charge in [-0.15, -0.1) is 0 Å². The second-order valence-corrected chi connectivity index (χ2v) is 6.17. The summed E-state index contributed by atoms with van der Waals surface area (Å²) in [6.45, 7) is 12.4. The van der Waals surface area contributed by atoms with Crippen LogP contribution >= 0.6 is 0 Å². The molecule has 0 aromatic heterocycles. The Morgan fingerprint density at radius 3 is 2.67 bits per heavy atom. The summed E-state index contributed by atoms with van der Waals surface area (Å²) in [6.07, 6.45) is 1.34. The standard InChI is InChI=1S/C18H29NO2/c1-6-19-15-11-17(18(15)20-7-2)21-16-10-13(5)8-9-14(16)12(3)4/h8-10,12,15,17-19H,6-7,11H2,1-5H3. The van der Waals surface area contributed by atoms with Crippen LogP contribution in [0.1, 0.15) is 51.2 Å². The summed E-state index contributed by atoms with van der Waals surface area (Å²) in [5.41, 5.74) is 2.52. The first-order valence-corrected chi connectivity index (χ1v) is 8.19. The van der Waals surface area contributed by atoms with Gasteiger partial charge in [-0.3, -0.25) is 0 Å². The molecule has 3 heteroatoms. The Morgan fingerprint density at radius 1 is 1.29 bits per heavy atom. The highest BCUT2D eigenvalue weighted by molar-refractivity contribution is 5.39. The van der Waals surface area contributed by atoms with E-state index in [2.05, 4.69) is 51.2 Å². The lowest BCUT2D eigenvalue weighted by molar-refractivity contribution is -0.104. The Hall–Kier alpha value is -1.06. The van der Waals surface area contributed by atoms with Crippen LogP contribution in [0.2, 0.25) is 0 Å². The number of benzene rings is 1. The summed E-state index contributed by atoms with van der Waals surface area (Å²) in [5.74, 6) is 1.49. The van der Waals surface area contributed by atoms with Gasteiger partial charge in [-0.25, -0.2) is 0 Å². The van der Waals surface area contributed by atoms with Crippen molar-refractivity contribution in [3.63, 3.8) is 0 Å². The van der Waals surface area contributed by atoms with E-state index in [0.717, 1.165) is 25.3 Å². The topological polar surface area (TPSA) is 30.5 Å². The molecule has 0 bridgehead atoms. The van der Waals surface area contributed by atoms with E-state index in [1.165, 1.54) is 11.1 Å². The van der Waals surface area contributed by atoms with Gasteiger partial charge in [0.2, 0.25) is 0 Å². The van der Waals surface area contributed by atoms with Crippen LogP contribution in [-0.4, -0.2) is 31.4 Å². The van der Waals surface area contributed by atoms with Gasteiger partial charge in [0.15, 0.2) is 0 Å². The molecule has 3 unspecified atom stereocenters. The first kappa shape index (κ1) is 16.3. The molecule has 1 N–H and O–H groups in total. The molecule has 0 saturated heterocycles. The lowest BCUT2D eigenvalue weighted by atomic mass is 9.85. The predicted molar refractivity (Wildman–Crippen MR) is 87.2 cm³/mol. The molecule has 1 fully saturated rings. The zero-order valence-corrected chi connectivity index (χ0v) is 14.0. The molecular weight excluding hydrogens is 262 g/mol. The molecule has 0 spiro atoms. The maximum Gasteiger partial charge on any atom is 0.128 e. The number of likely N-dealkylation sites (N-methyl/N-ethyl adjacent to an activating group) is 1. The molecule has 1 aliphatic rings. The second-order valence-electron chi connectivity index (χ2n) is 6.17. The molecule has 1 saturated carbocycles. The van der Waals surface area contributed by atoms with Crippen LogP contribution in [0, 0.1) is 6.92 Å². The summed E-state index contributed by atoms with van der Waals surface area (Å²) in [5, 5.41) is 3.48. The Balaban J connectivity index is 2.09. The normalized spacial score (nSPS) is 25.0. The molecule has 0 radical (unpaired) electrons. The monoisotopic (exact) mass is 291 g/mol. The summed E-state index contributed by atoms with van der Waals surface area (Å²) < 4.78 is 12.2. The van der Waals surface area contributed by atoms with Crippen LogP contribution < -0.4 is 10.1 Å². The average Bonchev–Trinajstić information content (AvgIpc) is 2.43. The molecule has 0 aliphatic heterocycles. The molecule has 21 heavy (non-hydrogen) atoms. The third-order valence-corrected chi connectivity index (χ3v) is 4.14. The number of hydrogen-bond acceptors (Lipinski definition) is 3. The van der Waals surface area contributed by atoms with E-state index in [-0.39, 0.29) is 12.2 Å². The van der Waals surface area contributed by atoms with Crippen molar-refractivity contribution >= 4 is 0 Å². The zero-order chi connectivity index (χ0) is 15.4. The van der Waals surface area contributed by atoms with Crippen molar-refractivity contribution in [3.05, 3.63) is 29.3 Å². The van der Waals surface area contributed by atoms with Crippen molar-refractivity contribution in [1.82, 2.24) is 5.32 Å². The van der Waals surface area contributed by atoms with Crippen molar-refractivity contribution in [3.8, 4) is 5.75 Å². The maximum absolute atomic E-state index is 6.30. The van der Waals surface area contributed by atoms with Gasteiger partial charge < -0.3 is 14.8 Å². The summed E-state index contributed by atoms with van der Waals surface area (Å²) in [7, 11) is 0. The van der Waals surface area contributed by atoms with Gasteiger partial charge in [0.05, 0.1) is 0 Å². The highest BCUT2D eigenvalue weighted by Crippen LogP contribution is 2.34. The molecule has 3 atom stereocenters. The Labute approximate surface area is 129 Å². The summed E-state index contributed by atoms with van der Waals surface area (Å²) >= 11 is 0. The van der Waals surface area contributed by atoms with Gasteiger partial charge in [0.25, 0.3) is 0 Å². The quantitative estimate of drug-likeness (QED) is 0.832. The van der Waals surface area contributed by atoms with Crippen LogP contribution in [-0.2, 0) is 4.74 Å². The minimum atomic E-state index is 0.160. The summed E-state index contributed by atoms with van der Waals surface area (Å²) in [6, 6.07) is 6.92. The molecule has 1 aliphatic carbocycles. The minimum Gasteiger partial charge on any atom is -0.487 e. The van der Waals surface area contributed by atoms with Crippen molar-refractivity contribution in [2.24, 2.45) is 0 Å². The number of rotatable bonds is 7. The smallest absolute Gasteiger partial charge is 0.128 e. The fourth-order valence-corrected chi connectivity index (χ4v) is 2.96. The van der Waals surface area contributed by atoms with Gasteiger partial charge in [-0.1, -0.05) is 32.9 Å². The molecule has 2 rings (SSSR count). The van der Waals surface area contributed by atoms with Crippen LogP contribution in [0.15, 0.2) is 18.2 Å². The molecule has 0 amide bonds. The number of hydrogen-bond donors (Lipinski definition) is 1. The number of ether oxygens (including phenoxy) is 2. The minimum absolute atomic E-state index is 0.160. The van der Waals surface area contributed by atoms with Crippen LogP contribution in [0.5, 0.6) is 5.75 Å². The third-order valence-electron chi connectivity index (χ3n) is 4.14. The van der Waals surface area contributed by atoms with Crippen molar-refractivity contribution in [1.29, 1.82) is 0 Å². The van der Waals surface area contributed by atoms with Crippen molar-refractivity contribution < 1.29 is 9.47 Å². The largest absolute Gasteiger partial charge is 0.487 e. The van der Waals surface area contributed by atoms with Crippen LogP contribution in [0.3, 0.4) is 0 Å². The maximum atomic E-state index is 6.30. The van der Waals surface area contributed by atoms with E-state index in [4.69, 9.17) is 9.47 Å². The molecule has 1 aromatic carbocycles. The molecule has 1 aromatic rings. The highest BCUT2D eigenvalue weighted by Gasteiger charge is 2.43. The first-order chi connectivity index (χ1) is 10.1. The van der Waals surface area contributed by atoms with E-state index >= 15 is 0 Å². The average molecular weight is 291 g/mol. The van der Waals surface area contributed by atoms with Gasteiger partial charge in [-0.05, 0) is 43.5 Å². The van der Waals surface area contributed by atoms with E-state index in [9.17, 15) is 0 Å². The van der Waals surface area contributed by atoms with Crippen LogP contribution in [0.25, 0.3) is 0 Å². The van der Waals surface area contributed by atoms with E-state index in [1.807, 2.05) is 6.92 Å². The highest BCUT2D eigenvalue weighted by atomic mass is 16.5. The fourth-order valence-electron chi connectivity index (χ4n) is 2.96. The summed E-state index contributed by atoms with van der Waals surface area (Å²) in [4.78, 5) is 0. The molecule has 0 heterocycles. The van der Waals surface area contributed by atoms with E-state index < -0.39 is 0 Å². The Bertz CT molecular complexity index is 459. The van der Waals surface area contributed by atoms with E-state index in [0.29, 0.717) is 12.0 Å². The molecular formula is C18H29NO2. The fraction of sp³-hybridized carbons (Fsp3) is 0.667. The number of aryl methyl sites for hydroxylation is 1. The number of nitrogens with one attached hydrogen (secondary N) is 1. The van der Waals surface area contributed by atoms with Crippen molar-refractivity contribution in [2.45, 2.75) is 65.2 Å². The predicted octanol–water partition coefficient (Wildman–Crippen LogP) is 3.65. The van der Waals surface area contributed by atoms with Crippen LogP contribution in [0.4, 0.5) is 0 Å². The Kier molecular flexibility index (Phi) is 5.65. The van der Waals surface area contributed by atoms with E-state index in [1.54, 1.807) is 0 Å². The van der Waals surface area contributed by atoms with Gasteiger partial charge >= 0.3 is 0 Å². The SMILES string of the molecule is CCNC1CC(Oc2cc(C)ccc2C(C)C)C1OCC. The first-order valence-electron chi connectivity index (χ1n) is 8.19.